The molecule has 3 atom stereocenters. The van der Waals surface area contributed by atoms with Crippen LogP contribution < -0.4 is 10.1 Å². The molecular weight excluding hydrogens is 413 g/mol. The molecule has 1 aliphatic heterocycles. The lowest BCUT2D eigenvalue weighted by Gasteiger charge is -2.26. The minimum Gasteiger partial charge on any atom is -0.434 e. The van der Waals surface area contributed by atoms with Crippen LogP contribution in [0.15, 0.2) is 36.5 Å². The van der Waals surface area contributed by atoms with Gasteiger partial charge in [0.25, 0.3) is 5.91 Å². The summed E-state index contributed by atoms with van der Waals surface area (Å²) < 4.78 is 50.1. The summed E-state index contributed by atoms with van der Waals surface area (Å²) in [7, 11) is 0. The van der Waals surface area contributed by atoms with Gasteiger partial charge in [-0.25, -0.2) is 4.39 Å². The SMILES string of the molecule is CC(=O)c1cc(NC(=O)[C@@H]2OC(C)(C)[C@@H](C)[C@@H]2c2ccc(F)cc2OC(F)F)ccn1. The number of aromatic nitrogens is 1. The van der Waals surface area contributed by atoms with Crippen LogP contribution in [0.3, 0.4) is 0 Å². The standard InChI is InChI=1S/C22H23F3N2O4/c1-11-18(15-6-5-13(23)9-17(15)30-21(24)25)19(31-22(11,3)4)20(29)27-14-7-8-26-16(10-14)12(2)28/h5-11,18-19,21H,1-4H3,(H,26,27,29)/t11-,18+,19+/m0/s1. The number of amides is 1. The van der Waals surface area contributed by atoms with E-state index in [1.807, 2.05) is 6.92 Å². The molecule has 0 radical (unpaired) electrons. The van der Waals surface area contributed by atoms with Crippen molar-refractivity contribution in [2.24, 2.45) is 5.92 Å². The maximum atomic E-state index is 13.7. The molecule has 1 fully saturated rings. The van der Waals surface area contributed by atoms with Gasteiger partial charge in [-0.15, -0.1) is 0 Å². The zero-order chi connectivity index (χ0) is 22.9. The number of rotatable bonds is 6. The molecule has 0 aliphatic carbocycles. The summed E-state index contributed by atoms with van der Waals surface area (Å²) in [6, 6.07) is 6.28. The van der Waals surface area contributed by atoms with Gasteiger partial charge in [0.15, 0.2) is 5.78 Å². The Labute approximate surface area is 177 Å². The molecular formula is C22H23F3N2O4. The first kappa shape index (κ1) is 22.7. The Bertz CT molecular complexity index is 996. The van der Waals surface area contributed by atoms with Crippen LogP contribution in [0.25, 0.3) is 0 Å². The van der Waals surface area contributed by atoms with Gasteiger partial charge in [-0.3, -0.25) is 14.6 Å². The maximum Gasteiger partial charge on any atom is 0.387 e. The van der Waals surface area contributed by atoms with Crippen molar-refractivity contribution in [1.29, 1.82) is 0 Å². The van der Waals surface area contributed by atoms with Crippen LogP contribution in [0.4, 0.5) is 18.9 Å². The fourth-order valence-corrected chi connectivity index (χ4v) is 3.75. The fraction of sp³-hybridized carbons (Fsp3) is 0.409. The monoisotopic (exact) mass is 436 g/mol. The third-order valence-corrected chi connectivity index (χ3v) is 5.59. The first-order valence-electron chi connectivity index (χ1n) is 9.69. The molecule has 0 saturated carbocycles. The molecule has 9 heteroatoms. The lowest BCUT2D eigenvalue weighted by Crippen LogP contribution is -2.33. The van der Waals surface area contributed by atoms with E-state index < -0.39 is 36.0 Å². The minimum atomic E-state index is -3.15. The number of carbonyl (C=O) groups excluding carboxylic acids is 2. The largest absolute Gasteiger partial charge is 0.434 e. The van der Waals surface area contributed by atoms with E-state index in [4.69, 9.17) is 4.74 Å². The number of ether oxygens (including phenoxy) is 2. The summed E-state index contributed by atoms with van der Waals surface area (Å²) in [5, 5.41) is 2.69. The van der Waals surface area contributed by atoms with Crippen molar-refractivity contribution in [1.82, 2.24) is 4.98 Å². The number of alkyl halides is 2. The highest BCUT2D eigenvalue weighted by molar-refractivity contribution is 5.97. The maximum absolute atomic E-state index is 13.7. The molecule has 2 heterocycles. The van der Waals surface area contributed by atoms with Crippen LogP contribution in [0.2, 0.25) is 0 Å². The fourth-order valence-electron chi connectivity index (χ4n) is 3.75. The summed E-state index contributed by atoms with van der Waals surface area (Å²) in [5.74, 6) is -2.85. The highest BCUT2D eigenvalue weighted by Crippen LogP contribution is 2.48. The summed E-state index contributed by atoms with van der Waals surface area (Å²) in [6.45, 7) is 3.60. The number of benzene rings is 1. The smallest absolute Gasteiger partial charge is 0.387 e. The molecule has 1 aliphatic rings. The van der Waals surface area contributed by atoms with E-state index in [0.29, 0.717) is 5.69 Å². The molecule has 6 nitrogen and oxygen atoms in total. The molecule has 2 aromatic rings. The number of halogens is 3. The van der Waals surface area contributed by atoms with Gasteiger partial charge in [0.05, 0.1) is 5.60 Å². The molecule has 1 amide bonds. The van der Waals surface area contributed by atoms with Crippen molar-refractivity contribution in [3.05, 3.63) is 53.6 Å². The molecule has 1 saturated heterocycles. The van der Waals surface area contributed by atoms with Crippen LogP contribution >= 0.6 is 0 Å². The Hall–Kier alpha value is -2.94. The molecule has 31 heavy (non-hydrogen) atoms. The minimum absolute atomic E-state index is 0.182. The second-order valence-corrected chi connectivity index (χ2v) is 7.99. The van der Waals surface area contributed by atoms with Gasteiger partial charge < -0.3 is 14.8 Å². The molecule has 1 aromatic carbocycles. The Morgan fingerprint density at radius 2 is 1.94 bits per heavy atom. The van der Waals surface area contributed by atoms with E-state index in [1.54, 1.807) is 13.8 Å². The van der Waals surface area contributed by atoms with E-state index in [2.05, 4.69) is 15.0 Å². The van der Waals surface area contributed by atoms with Crippen molar-refractivity contribution in [3.8, 4) is 5.75 Å². The topological polar surface area (TPSA) is 77.5 Å². The van der Waals surface area contributed by atoms with E-state index in [0.717, 1.165) is 12.1 Å². The highest BCUT2D eigenvalue weighted by Gasteiger charge is 2.51. The van der Waals surface area contributed by atoms with Crippen LogP contribution in [0.1, 0.15) is 49.7 Å². The van der Waals surface area contributed by atoms with Crippen molar-refractivity contribution in [2.45, 2.75) is 51.9 Å². The number of hydrogen-bond acceptors (Lipinski definition) is 5. The number of carbonyl (C=O) groups is 2. The summed E-state index contributed by atoms with van der Waals surface area (Å²) in [4.78, 5) is 28.6. The number of ketones is 1. The number of hydrogen-bond donors (Lipinski definition) is 1. The normalized spacial score (nSPS) is 22.4. The first-order chi connectivity index (χ1) is 14.5. The molecule has 3 rings (SSSR count). The Morgan fingerprint density at radius 3 is 2.58 bits per heavy atom. The van der Waals surface area contributed by atoms with Crippen LogP contribution in [0.5, 0.6) is 5.75 Å². The number of Topliss-reactive ketones (excluding diaryl/α,β-unsaturated/α-hetero) is 1. The third kappa shape index (κ3) is 4.87. The molecule has 166 valence electrons. The van der Waals surface area contributed by atoms with Crippen LogP contribution in [-0.4, -0.2) is 35.0 Å². The van der Waals surface area contributed by atoms with Gasteiger partial charge in [-0.05, 0) is 38.0 Å². The third-order valence-electron chi connectivity index (χ3n) is 5.59. The van der Waals surface area contributed by atoms with Crippen LogP contribution in [-0.2, 0) is 9.53 Å². The van der Waals surface area contributed by atoms with E-state index in [1.165, 1.54) is 31.3 Å². The second kappa shape index (κ2) is 8.66. The van der Waals surface area contributed by atoms with Gasteiger partial charge in [0.1, 0.15) is 23.4 Å². The van der Waals surface area contributed by atoms with Gasteiger partial charge >= 0.3 is 6.61 Å². The van der Waals surface area contributed by atoms with E-state index in [-0.39, 0.29) is 28.7 Å². The summed E-state index contributed by atoms with van der Waals surface area (Å²) in [6.07, 6.45) is 0.324. The Morgan fingerprint density at radius 1 is 1.23 bits per heavy atom. The summed E-state index contributed by atoms with van der Waals surface area (Å²) in [5.41, 5.74) is 0.0000585. The lowest BCUT2D eigenvalue weighted by atomic mass is 9.78. The van der Waals surface area contributed by atoms with E-state index >= 15 is 0 Å². The average molecular weight is 436 g/mol. The molecule has 0 unspecified atom stereocenters. The molecule has 0 bridgehead atoms. The molecule has 1 aromatic heterocycles. The zero-order valence-electron chi connectivity index (χ0n) is 17.5. The Kier molecular flexibility index (Phi) is 6.35. The number of anilines is 1. The number of nitrogens with one attached hydrogen (secondary N) is 1. The predicted molar refractivity (Wildman–Crippen MR) is 107 cm³/mol. The van der Waals surface area contributed by atoms with Crippen LogP contribution in [0, 0.1) is 11.7 Å². The Balaban J connectivity index is 1.96. The highest BCUT2D eigenvalue weighted by atomic mass is 19.3. The zero-order valence-corrected chi connectivity index (χ0v) is 17.5. The second-order valence-electron chi connectivity index (χ2n) is 7.99. The van der Waals surface area contributed by atoms with Gasteiger partial charge in [0.2, 0.25) is 0 Å². The lowest BCUT2D eigenvalue weighted by molar-refractivity contribution is -0.131. The van der Waals surface area contributed by atoms with Crippen molar-refractivity contribution in [2.75, 3.05) is 5.32 Å². The summed E-state index contributed by atoms with van der Waals surface area (Å²) >= 11 is 0. The number of nitrogens with zero attached hydrogens (tertiary/aromatic N) is 1. The first-order valence-corrected chi connectivity index (χ1v) is 9.69. The van der Waals surface area contributed by atoms with Gasteiger partial charge in [-0.2, -0.15) is 8.78 Å². The van der Waals surface area contributed by atoms with E-state index in [9.17, 15) is 22.8 Å². The average Bonchev–Trinajstić information content (AvgIpc) is 2.91. The van der Waals surface area contributed by atoms with Crippen molar-refractivity contribution in [3.63, 3.8) is 0 Å². The molecule has 0 spiro atoms. The van der Waals surface area contributed by atoms with Gasteiger partial charge in [-0.1, -0.05) is 13.0 Å². The van der Waals surface area contributed by atoms with Crippen molar-refractivity contribution >= 4 is 17.4 Å². The molecule has 1 N–H and O–H groups in total. The quantitative estimate of drug-likeness (QED) is 0.672. The van der Waals surface area contributed by atoms with Crippen molar-refractivity contribution < 1.29 is 32.2 Å². The number of pyridine rings is 1. The van der Waals surface area contributed by atoms with Gasteiger partial charge in [0, 0.05) is 36.4 Å². The predicted octanol–water partition coefficient (Wildman–Crippen LogP) is 4.56.